The van der Waals surface area contributed by atoms with Crippen molar-refractivity contribution < 1.29 is 9.59 Å². The Balaban J connectivity index is 1.43. The molecule has 0 bridgehead atoms. The van der Waals surface area contributed by atoms with Gasteiger partial charge in [-0.1, -0.05) is 35.9 Å². The number of benzene rings is 2. The lowest BCUT2D eigenvalue weighted by Crippen LogP contribution is -2.54. The van der Waals surface area contributed by atoms with Crippen LogP contribution in [0, 0.1) is 20.8 Å². The zero-order valence-corrected chi connectivity index (χ0v) is 18.7. The molecule has 2 aromatic rings. The number of rotatable bonds is 2. The molecule has 0 radical (unpaired) electrons. The lowest BCUT2D eigenvalue weighted by Gasteiger charge is -2.44. The number of nitrogens with zero attached hydrogens (tertiary/aromatic N) is 2. The normalized spacial score (nSPS) is 18.0. The van der Waals surface area contributed by atoms with Crippen LogP contribution >= 0.6 is 11.8 Å². The van der Waals surface area contributed by atoms with E-state index in [0.29, 0.717) is 13.1 Å². The van der Waals surface area contributed by atoms with Crippen molar-refractivity contribution in [2.45, 2.75) is 38.5 Å². The molecule has 158 valence electrons. The summed E-state index contributed by atoms with van der Waals surface area (Å²) in [5.41, 5.74) is 4.93. The van der Waals surface area contributed by atoms with Crippen LogP contribution in [0.2, 0.25) is 0 Å². The highest BCUT2D eigenvalue weighted by Gasteiger charge is 2.47. The van der Waals surface area contributed by atoms with Crippen LogP contribution in [-0.2, 0) is 0 Å². The van der Waals surface area contributed by atoms with Crippen molar-refractivity contribution in [3.05, 3.63) is 64.7 Å². The fourth-order valence-corrected chi connectivity index (χ4v) is 5.87. The molecule has 1 spiro atoms. The van der Waals surface area contributed by atoms with Gasteiger partial charge >= 0.3 is 6.03 Å². The lowest BCUT2D eigenvalue weighted by atomic mass is 10.0. The van der Waals surface area contributed by atoms with Crippen molar-refractivity contribution in [1.29, 1.82) is 0 Å². The number of urea groups is 1. The molecule has 0 atom stereocenters. The first-order chi connectivity index (χ1) is 14.4. The van der Waals surface area contributed by atoms with E-state index < -0.39 is 0 Å². The largest absolute Gasteiger partial charge is 0.324 e. The van der Waals surface area contributed by atoms with Crippen molar-refractivity contribution in [1.82, 2.24) is 9.80 Å². The highest BCUT2D eigenvalue weighted by atomic mass is 32.2. The maximum absolute atomic E-state index is 13.2. The van der Waals surface area contributed by atoms with Crippen LogP contribution in [0.4, 0.5) is 10.5 Å². The third-order valence-corrected chi connectivity index (χ3v) is 7.82. The third kappa shape index (κ3) is 3.93. The molecule has 1 N–H and O–H groups in total. The van der Waals surface area contributed by atoms with Crippen LogP contribution < -0.4 is 5.32 Å². The van der Waals surface area contributed by atoms with Gasteiger partial charge < -0.3 is 15.1 Å². The predicted octanol–water partition coefficient (Wildman–Crippen LogP) is 4.83. The van der Waals surface area contributed by atoms with Gasteiger partial charge in [0.15, 0.2) is 0 Å². The Morgan fingerprint density at radius 1 is 0.933 bits per heavy atom. The second-order valence-corrected chi connectivity index (χ2v) is 9.76. The average molecular weight is 424 g/mol. The van der Waals surface area contributed by atoms with Gasteiger partial charge in [-0.15, -0.1) is 11.8 Å². The van der Waals surface area contributed by atoms with E-state index in [1.165, 1.54) is 0 Å². The van der Waals surface area contributed by atoms with Crippen molar-refractivity contribution in [3.8, 4) is 0 Å². The van der Waals surface area contributed by atoms with Crippen molar-refractivity contribution in [2.75, 3.05) is 30.7 Å². The number of thioether (sulfide) groups is 1. The van der Waals surface area contributed by atoms with E-state index in [-0.39, 0.29) is 16.8 Å². The topological polar surface area (TPSA) is 52.7 Å². The second-order valence-electron chi connectivity index (χ2n) is 8.30. The molecule has 0 aromatic heterocycles. The quantitative estimate of drug-likeness (QED) is 0.753. The molecule has 2 fully saturated rings. The number of carbonyl (C=O) groups excluding carboxylic acids is 2. The third-order valence-electron chi connectivity index (χ3n) is 6.27. The summed E-state index contributed by atoms with van der Waals surface area (Å²) in [4.78, 5) is 29.8. The van der Waals surface area contributed by atoms with Crippen molar-refractivity contribution in [3.63, 3.8) is 0 Å². The van der Waals surface area contributed by atoms with Gasteiger partial charge in [0.25, 0.3) is 5.91 Å². The van der Waals surface area contributed by atoms with Gasteiger partial charge in [-0.25, -0.2) is 4.79 Å². The van der Waals surface area contributed by atoms with Crippen LogP contribution in [-0.4, -0.2) is 52.0 Å². The number of piperidine rings is 1. The van der Waals surface area contributed by atoms with Gasteiger partial charge in [0, 0.05) is 36.6 Å². The zero-order valence-electron chi connectivity index (χ0n) is 17.9. The Kier molecular flexibility index (Phi) is 5.78. The number of carbonyl (C=O) groups is 2. The fourth-order valence-electron chi connectivity index (χ4n) is 4.42. The molecule has 2 heterocycles. The molecule has 2 aliphatic heterocycles. The molecule has 4 rings (SSSR count). The summed E-state index contributed by atoms with van der Waals surface area (Å²) in [7, 11) is 0. The Morgan fingerprint density at radius 2 is 1.57 bits per heavy atom. The van der Waals surface area contributed by atoms with E-state index >= 15 is 0 Å². The molecule has 3 amide bonds. The number of para-hydroxylation sites is 1. The molecule has 30 heavy (non-hydrogen) atoms. The minimum absolute atomic E-state index is 0.0540. The van der Waals surface area contributed by atoms with Gasteiger partial charge in [-0.2, -0.15) is 0 Å². The van der Waals surface area contributed by atoms with Crippen LogP contribution in [0.15, 0.2) is 42.5 Å². The number of aryl methyl sites for hydroxylation is 3. The van der Waals surface area contributed by atoms with Crippen LogP contribution in [0.1, 0.15) is 39.9 Å². The van der Waals surface area contributed by atoms with Gasteiger partial charge in [0.05, 0.1) is 4.87 Å². The molecule has 5 nitrogen and oxygen atoms in total. The number of nitrogens with one attached hydrogen (secondary N) is 1. The van der Waals surface area contributed by atoms with E-state index in [1.807, 2.05) is 84.8 Å². The number of hydrogen-bond acceptors (Lipinski definition) is 3. The molecule has 2 saturated heterocycles. The smallest absolute Gasteiger partial charge is 0.321 e. The van der Waals surface area contributed by atoms with Gasteiger partial charge in [0.1, 0.15) is 0 Å². The van der Waals surface area contributed by atoms with E-state index in [9.17, 15) is 9.59 Å². The lowest BCUT2D eigenvalue weighted by molar-refractivity contribution is 0.0585. The standard InChI is InChI=1S/C24H29N3O2S/c1-17-7-9-20(10-8-17)22(28)27-15-16-30-24(27)11-13-26(14-12-24)23(29)25-21-18(2)5-4-6-19(21)3/h4-10H,11-16H2,1-3H3,(H,25,29). The van der Waals surface area contributed by atoms with Gasteiger partial charge in [-0.3, -0.25) is 4.79 Å². The number of hydrogen-bond donors (Lipinski definition) is 1. The Morgan fingerprint density at radius 3 is 2.20 bits per heavy atom. The Bertz CT molecular complexity index is 929. The molecule has 0 aliphatic carbocycles. The summed E-state index contributed by atoms with van der Waals surface area (Å²) < 4.78 is 0. The first-order valence-electron chi connectivity index (χ1n) is 10.5. The summed E-state index contributed by atoms with van der Waals surface area (Å²) in [6.07, 6.45) is 1.60. The van der Waals surface area contributed by atoms with E-state index in [0.717, 1.165) is 53.1 Å². The SMILES string of the molecule is Cc1ccc(C(=O)N2CCSC23CCN(C(=O)Nc2c(C)cccc2C)CC3)cc1. The fraction of sp³-hybridized carbons (Fsp3) is 0.417. The summed E-state index contributed by atoms with van der Waals surface area (Å²) in [6, 6.07) is 13.8. The number of amides is 3. The summed E-state index contributed by atoms with van der Waals surface area (Å²) in [5, 5.41) is 3.09. The van der Waals surface area contributed by atoms with Crippen molar-refractivity contribution in [2.24, 2.45) is 0 Å². The van der Waals surface area contributed by atoms with E-state index in [1.54, 1.807) is 0 Å². The first kappa shape index (κ1) is 20.8. The zero-order chi connectivity index (χ0) is 21.3. The molecule has 0 unspecified atom stereocenters. The van der Waals surface area contributed by atoms with E-state index in [2.05, 4.69) is 5.32 Å². The highest BCUT2D eigenvalue weighted by molar-refractivity contribution is 8.00. The summed E-state index contributed by atoms with van der Waals surface area (Å²) in [5.74, 6) is 1.06. The Labute approximate surface area is 182 Å². The molecule has 2 aliphatic rings. The maximum atomic E-state index is 13.2. The van der Waals surface area contributed by atoms with Crippen LogP contribution in [0.5, 0.6) is 0 Å². The van der Waals surface area contributed by atoms with Gasteiger partial charge in [0.2, 0.25) is 0 Å². The molecule has 0 saturated carbocycles. The predicted molar refractivity (Wildman–Crippen MR) is 123 cm³/mol. The molecular formula is C24H29N3O2S. The molecule has 6 heteroatoms. The minimum Gasteiger partial charge on any atom is -0.324 e. The summed E-state index contributed by atoms with van der Waals surface area (Å²) >= 11 is 1.87. The Hall–Kier alpha value is -2.47. The first-order valence-corrected chi connectivity index (χ1v) is 11.5. The summed E-state index contributed by atoms with van der Waals surface area (Å²) in [6.45, 7) is 8.13. The average Bonchev–Trinajstić information content (AvgIpc) is 3.14. The number of anilines is 1. The van der Waals surface area contributed by atoms with Crippen LogP contribution in [0.25, 0.3) is 0 Å². The number of likely N-dealkylation sites (tertiary alicyclic amines) is 1. The highest BCUT2D eigenvalue weighted by Crippen LogP contribution is 2.44. The minimum atomic E-state index is -0.197. The van der Waals surface area contributed by atoms with Crippen LogP contribution in [0.3, 0.4) is 0 Å². The second kappa shape index (κ2) is 8.34. The maximum Gasteiger partial charge on any atom is 0.321 e. The van der Waals surface area contributed by atoms with Crippen molar-refractivity contribution >= 4 is 29.4 Å². The van der Waals surface area contributed by atoms with E-state index in [4.69, 9.17) is 0 Å². The molecule has 2 aromatic carbocycles. The molecular weight excluding hydrogens is 394 g/mol. The monoisotopic (exact) mass is 423 g/mol. The van der Waals surface area contributed by atoms with Gasteiger partial charge in [-0.05, 0) is 56.9 Å².